The Kier molecular flexibility index (Phi) is 1.91. The summed E-state index contributed by atoms with van der Waals surface area (Å²) in [6, 6.07) is 9.18. The molecule has 0 atom stereocenters. The van der Waals surface area contributed by atoms with Gasteiger partial charge in [0.15, 0.2) is 0 Å². The number of benzene rings is 1. The standard InChI is InChI=1S/C8H7N2/c1-10-8-4-2-7(6-9)3-5-8/h2-5H,1H3/q-1. The van der Waals surface area contributed by atoms with Crippen molar-refractivity contribution in [3.63, 3.8) is 0 Å². The molecule has 0 aliphatic carbocycles. The van der Waals surface area contributed by atoms with Gasteiger partial charge in [0.2, 0.25) is 0 Å². The molecule has 0 N–H and O–H groups in total. The number of nitrogens with zero attached hydrogens (tertiary/aromatic N) is 2. The minimum absolute atomic E-state index is 0.674. The van der Waals surface area contributed by atoms with E-state index in [0.717, 1.165) is 5.69 Å². The minimum Gasteiger partial charge on any atom is -0.687 e. The molecule has 0 saturated heterocycles. The molecule has 2 heteroatoms. The zero-order valence-corrected chi connectivity index (χ0v) is 5.70. The number of hydrogen-bond donors (Lipinski definition) is 0. The second-order valence-electron chi connectivity index (χ2n) is 1.88. The van der Waals surface area contributed by atoms with Crippen LogP contribution in [0.25, 0.3) is 5.32 Å². The first-order chi connectivity index (χ1) is 4.86. The van der Waals surface area contributed by atoms with Gasteiger partial charge in [0, 0.05) is 0 Å². The Hall–Kier alpha value is -1.49. The maximum atomic E-state index is 8.42. The highest BCUT2D eigenvalue weighted by atomic mass is 14.8. The van der Waals surface area contributed by atoms with Crippen LogP contribution in [0.3, 0.4) is 0 Å². The summed E-state index contributed by atoms with van der Waals surface area (Å²) < 4.78 is 0. The lowest BCUT2D eigenvalue weighted by molar-refractivity contribution is 1.48. The average Bonchev–Trinajstić information content (AvgIpc) is 2.05. The molecule has 50 valence electrons. The first-order valence-corrected chi connectivity index (χ1v) is 2.97. The van der Waals surface area contributed by atoms with Crippen molar-refractivity contribution in [3.8, 4) is 6.07 Å². The van der Waals surface area contributed by atoms with Gasteiger partial charge in [-0.1, -0.05) is 12.1 Å². The third kappa shape index (κ3) is 1.26. The third-order valence-corrected chi connectivity index (χ3v) is 1.25. The highest BCUT2D eigenvalue weighted by molar-refractivity contribution is 5.50. The molecular formula is C8H7N2-. The summed E-state index contributed by atoms with van der Waals surface area (Å²) in [7, 11) is 1.72. The van der Waals surface area contributed by atoms with Crippen LogP contribution in [-0.4, -0.2) is 7.05 Å². The van der Waals surface area contributed by atoms with Gasteiger partial charge in [-0.15, -0.1) is 12.7 Å². The Bertz CT molecular complexity index is 243. The molecule has 0 spiro atoms. The molecule has 0 heterocycles. The molecule has 0 saturated carbocycles. The largest absolute Gasteiger partial charge is 0.687 e. The number of rotatable bonds is 1. The molecule has 1 aromatic rings. The fourth-order valence-electron chi connectivity index (χ4n) is 0.685. The normalized spacial score (nSPS) is 8.40. The Labute approximate surface area is 60.1 Å². The van der Waals surface area contributed by atoms with Crippen LogP contribution in [0.1, 0.15) is 5.56 Å². The predicted octanol–water partition coefficient (Wildman–Crippen LogP) is 2.19. The lowest BCUT2D eigenvalue weighted by Crippen LogP contribution is -1.70. The Morgan fingerprint density at radius 1 is 1.30 bits per heavy atom. The second kappa shape index (κ2) is 2.88. The van der Waals surface area contributed by atoms with E-state index in [1.165, 1.54) is 0 Å². The molecule has 0 aromatic heterocycles. The molecule has 1 aromatic carbocycles. The molecule has 0 aliphatic rings. The Morgan fingerprint density at radius 2 is 1.90 bits per heavy atom. The molecule has 0 radical (unpaired) electrons. The molecule has 2 nitrogen and oxygen atoms in total. The first kappa shape index (κ1) is 6.63. The smallest absolute Gasteiger partial charge is 0.0991 e. The van der Waals surface area contributed by atoms with Crippen molar-refractivity contribution in [2.75, 3.05) is 7.05 Å². The summed E-state index contributed by atoms with van der Waals surface area (Å²) in [4.78, 5) is 0. The Balaban J connectivity index is 2.93. The Morgan fingerprint density at radius 3 is 2.30 bits per heavy atom. The first-order valence-electron chi connectivity index (χ1n) is 2.97. The maximum absolute atomic E-state index is 8.42. The van der Waals surface area contributed by atoms with Gasteiger partial charge >= 0.3 is 0 Å². The van der Waals surface area contributed by atoms with Gasteiger partial charge in [0.25, 0.3) is 0 Å². The van der Waals surface area contributed by atoms with Gasteiger partial charge in [-0.2, -0.15) is 5.26 Å². The van der Waals surface area contributed by atoms with Crippen LogP contribution in [-0.2, 0) is 0 Å². The molecule has 10 heavy (non-hydrogen) atoms. The van der Waals surface area contributed by atoms with E-state index in [-0.39, 0.29) is 0 Å². The van der Waals surface area contributed by atoms with Crippen LogP contribution in [0.4, 0.5) is 5.69 Å². The zero-order valence-electron chi connectivity index (χ0n) is 5.70. The SMILES string of the molecule is C[N-]c1ccc(C#N)cc1. The topological polar surface area (TPSA) is 37.9 Å². The van der Waals surface area contributed by atoms with E-state index >= 15 is 0 Å². The van der Waals surface area contributed by atoms with Gasteiger partial charge in [-0.3, -0.25) is 0 Å². The van der Waals surface area contributed by atoms with E-state index in [0.29, 0.717) is 5.56 Å². The maximum Gasteiger partial charge on any atom is 0.0991 e. The van der Waals surface area contributed by atoms with Crippen LogP contribution in [0.5, 0.6) is 0 Å². The zero-order chi connectivity index (χ0) is 7.40. The van der Waals surface area contributed by atoms with E-state index in [4.69, 9.17) is 5.26 Å². The summed E-state index contributed by atoms with van der Waals surface area (Å²) in [5.41, 5.74) is 1.58. The highest BCUT2D eigenvalue weighted by Gasteiger charge is 1.82. The molecular weight excluding hydrogens is 124 g/mol. The molecule has 0 aliphatic heterocycles. The molecule has 0 bridgehead atoms. The van der Waals surface area contributed by atoms with E-state index < -0.39 is 0 Å². The minimum atomic E-state index is 0.674. The highest BCUT2D eigenvalue weighted by Crippen LogP contribution is 2.14. The van der Waals surface area contributed by atoms with Crippen molar-refractivity contribution in [3.05, 3.63) is 35.1 Å². The van der Waals surface area contributed by atoms with E-state index in [1.807, 2.05) is 18.2 Å². The number of hydrogen-bond acceptors (Lipinski definition) is 1. The van der Waals surface area contributed by atoms with Gasteiger partial charge < -0.3 is 5.32 Å². The van der Waals surface area contributed by atoms with Crippen molar-refractivity contribution >= 4 is 5.69 Å². The van der Waals surface area contributed by atoms with E-state index in [2.05, 4.69) is 5.32 Å². The predicted molar refractivity (Wildman–Crippen MR) is 40.1 cm³/mol. The second-order valence-corrected chi connectivity index (χ2v) is 1.88. The molecule has 0 unspecified atom stereocenters. The lowest BCUT2D eigenvalue weighted by Gasteiger charge is -2.11. The monoisotopic (exact) mass is 131 g/mol. The van der Waals surface area contributed by atoms with Crippen LogP contribution in [0.2, 0.25) is 0 Å². The van der Waals surface area contributed by atoms with Crippen molar-refractivity contribution in [2.45, 2.75) is 0 Å². The quantitative estimate of drug-likeness (QED) is 0.575. The summed E-state index contributed by atoms with van der Waals surface area (Å²) >= 11 is 0. The van der Waals surface area contributed by atoms with Crippen molar-refractivity contribution < 1.29 is 0 Å². The van der Waals surface area contributed by atoms with Crippen molar-refractivity contribution in [1.82, 2.24) is 0 Å². The summed E-state index contributed by atoms with van der Waals surface area (Å²) in [5, 5.41) is 12.4. The molecule has 0 fully saturated rings. The molecule has 1 rings (SSSR count). The van der Waals surface area contributed by atoms with Crippen molar-refractivity contribution in [2.24, 2.45) is 0 Å². The van der Waals surface area contributed by atoms with Crippen LogP contribution < -0.4 is 0 Å². The van der Waals surface area contributed by atoms with Crippen LogP contribution in [0, 0.1) is 11.3 Å². The van der Waals surface area contributed by atoms with E-state index in [9.17, 15) is 0 Å². The van der Waals surface area contributed by atoms with Crippen LogP contribution >= 0.6 is 0 Å². The van der Waals surface area contributed by atoms with Gasteiger partial charge in [0.05, 0.1) is 11.6 Å². The van der Waals surface area contributed by atoms with Crippen LogP contribution in [0.15, 0.2) is 24.3 Å². The van der Waals surface area contributed by atoms with Crippen molar-refractivity contribution in [1.29, 1.82) is 5.26 Å². The third-order valence-electron chi connectivity index (χ3n) is 1.25. The summed E-state index contributed by atoms with van der Waals surface area (Å²) in [6.45, 7) is 0. The fraction of sp³-hybridized carbons (Fsp3) is 0.125. The average molecular weight is 131 g/mol. The molecule has 0 amide bonds. The summed E-state index contributed by atoms with van der Waals surface area (Å²) in [6.07, 6.45) is 0. The van der Waals surface area contributed by atoms with Gasteiger partial charge in [-0.25, -0.2) is 0 Å². The van der Waals surface area contributed by atoms with Gasteiger partial charge in [0.1, 0.15) is 0 Å². The fourth-order valence-corrected chi connectivity index (χ4v) is 0.685. The lowest BCUT2D eigenvalue weighted by atomic mass is 10.2. The van der Waals surface area contributed by atoms with E-state index in [1.54, 1.807) is 19.2 Å². The number of nitriles is 1. The summed E-state index contributed by atoms with van der Waals surface area (Å²) in [5.74, 6) is 0. The van der Waals surface area contributed by atoms with Gasteiger partial charge in [-0.05, 0) is 12.1 Å².